The standard InChI is InChI=1S/C16H25N7O2.HI/c1-17-16(19-6-7-23-8-11-24-12-9-23)18-5-4-14-20-15(22-21-14)13-3-2-10-25-13;/h2-3,10H,4-9,11-12H2,1H3,(H2,17,18,19)(H,20,21,22);1H. The van der Waals surface area contributed by atoms with Gasteiger partial charge >= 0.3 is 0 Å². The fraction of sp³-hybridized carbons (Fsp3) is 0.562. The van der Waals surface area contributed by atoms with Crippen molar-refractivity contribution in [3.05, 3.63) is 24.2 Å². The number of aromatic nitrogens is 3. The number of aliphatic imine (C=N–C) groups is 1. The van der Waals surface area contributed by atoms with Gasteiger partial charge in [-0.15, -0.1) is 24.0 Å². The van der Waals surface area contributed by atoms with E-state index in [4.69, 9.17) is 9.15 Å². The fourth-order valence-corrected chi connectivity index (χ4v) is 2.60. The summed E-state index contributed by atoms with van der Waals surface area (Å²) in [5, 5.41) is 13.7. The Bertz CT molecular complexity index is 653. The molecule has 0 radical (unpaired) electrons. The Balaban J connectivity index is 0.00000243. The van der Waals surface area contributed by atoms with Crippen LogP contribution < -0.4 is 10.6 Å². The minimum Gasteiger partial charge on any atom is -0.461 e. The summed E-state index contributed by atoms with van der Waals surface area (Å²) >= 11 is 0. The van der Waals surface area contributed by atoms with E-state index in [9.17, 15) is 0 Å². The largest absolute Gasteiger partial charge is 0.461 e. The SMILES string of the molecule is CN=C(NCCc1nc(-c2ccco2)n[nH]1)NCCN1CCOCC1.I. The van der Waals surface area contributed by atoms with Crippen molar-refractivity contribution in [1.82, 2.24) is 30.7 Å². The average Bonchev–Trinajstić information content (AvgIpc) is 3.33. The van der Waals surface area contributed by atoms with E-state index in [1.54, 1.807) is 13.3 Å². The molecule has 2 aromatic rings. The zero-order valence-corrected chi connectivity index (χ0v) is 17.2. The van der Waals surface area contributed by atoms with Crippen LogP contribution in [0.2, 0.25) is 0 Å². The summed E-state index contributed by atoms with van der Waals surface area (Å²) < 4.78 is 10.6. The monoisotopic (exact) mass is 475 g/mol. The second-order valence-electron chi connectivity index (χ2n) is 5.71. The summed E-state index contributed by atoms with van der Waals surface area (Å²) in [6.07, 6.45) is 2.33. The maximum Gasteiger partial charge on any atom is 0.216 e. The van der Waals surface area contributed by atoms with Crippen molar-refractivity contribution in [2.24, 2.45) is 4.99 Å². The number of rotatable bonds is 7. The lowest BCUT2D eigenvalue weighted by Gasteiger charge is -2.26. The van der Waals surface area contributed by atoms with Crippen molar-refractivity contribution in [3.8, 4) is 11.6 Å². The molecule has 0 amide bonds. The number of nitrogens with one attached hydrogen (secondary N) is 3. The third-order valence-corrected chi connectivity index (χ3v) is 3.98. The summed E-state index contributed by atoms with van der Waals surface area (Å²) in [7, 11) is 1.77. The molecule has 26 heavy (non-hydrogen) atoms. The smallest absolute Gasteiger partial charge is 0.216 e. The van der Waals surface area contributed by atoms with Crippen LogP contribution in [0.1, 0.15) is 5.82 Å². The van der Waals surface area contributed by atoms with Gasteiger partial charge in [-0.2, -0.15) is 5.10 Å². The van der Waals surface area contributed by atoms with Gasteiger partial charge in [0.25, 0.3) is 0 Å². The zero-order chi connectivity index (χ0) is 17.3. The van der Waals surface area contributed by atoms with E-state index in [1.165, 1.54) is 0 Å². The van der Waals surface area contributed by atoms with Crippen molar-refractivity contribution in [1.29, 1.82) is 0 Å². The van der Waals surface area contributed by atoms with Crippen LogP contribution in [0, 0.1) is 0 Å². The zero-order valence-electron chi connectivity index (χ0n) is 14.9. The molecule has 10 heteroatoms. The van der Waals surface area contributed by atoms with E-state index in [0.717, 1.165) is 57.6 Å². The van der Waals surface area contributed by atoms with Crippen LogP contribution in [0.15, 0.2) is 27.8 Å². The summed E-state index contributed by atoms with van der Waals surface area (Å²) in [5.41, 5.74) is 0. The van der Waals surface area contributed by atoms with Gasteiger partial charge in [-0.3, -0.25) is 15.0 Å². The Hall–Kier alpha value is -1.66. The Kier molecular flexibility index (Phi) is 8.85. The van der Waals surface area contributed by atoms with E-state index < -0.39 is 0 Å². The molecule has 3 heterocycles. The number of guanidine groups is 1. The van der Waals surface area contributed by atoms with Crippen LogP contribution in [-0.4, -0.2) is 79.0 Å². The molecule has 0 aliphatic carbocycles. The van der Waals surface area contributed by atoms with Gasteiger partial charge in [-0.05, 0) is 12.1 Å². The predicted octanol–water partition coefficient (Wildman–Crippen LogP) is 0.722. The predicted molar refractivity (Wildman–Crippen MR) is 110 cm³/mol. The van der Waals surface area contributed by atoms with Gasteiger partial charge in [0.15, 0.2) is 11.7 Å². The summed E-state index contributed by atoms with van der Waals surface area (Å²) in [5.74, 6) is 2.84. The molecule has 3 rings (SSSR count). The summed E-state index contributed by atoms with van der Waals surface area (Å²) in [6.45, 7) is 6.19. The number of aromatic amines is 1. The molecule has 1 aliphatic heterocycles. The van der Waals surface area contributed by atoms with E-state index >= 15 is 0 Å². The molecule has 2 aromatic heterocycles. The van der Waals surface area contributed by atoms with Crippen LogP contribution in [0.4, 0.5) is 0 Å². The van der Waals surface area contributed by atoms with Crippen molar-refractivity contribution in [2.75, 3.05) is 53.0 Å². The van der Waals surface area contributed by atoms with Crippen molar-refractivity contribution < 1.29 is 9.15 Å². The maximum atomic E-state index is 5.35. The minimum absolute atomic E-state index is 0. The lowest BCUT2D eigenvalue weighted by molar-refractivity contribution is 0.0389. The van der Waals surface area contributed by atoms with Gasteiger partial charge < -0.3 is 19.8 Å². The van der Waals surface area contributed by atoms with Crippen molar-refractivity contribution in [3.63, 3.8) is 0 Å². The number of hydrogen-bond acceptors (Lipinski definition) is 6. The maximum absolute atomic E-state index is 5.35. The first-order valence-corrected chi connectivity index (χ1v) is 8.55. The lowest BCUT2D eigenvalue weighted by Crippen LogP contribution is -2.44. The van der Waals surface area contributed by atoms with E-state index in [2.05, 4.69) is 35.7 Å². The highest BCUT2D eigenvalue weighted by Gasteiger charge is 2.10. The first kappa shape index (κ1) is 20.6. The fourth-order valence-electron chi connectivity index (χ4n) is 2.60. The number of hydrogen-bond donors (Lipinski definition) is 3. The van der Waals surface area contributed by atoms with Crippen LogP contribution in [-0.2, 0) is 11.2 Å². The van der Waals surface area contributed by atoms with Gasteiger partial charge in [-0.1, -0.05) is 0 Å². The molecule has 0 aromatic carbocycles. The number of morpholine rings is 1. The number of H-pyrrole nitrogens is 1. The molecule has 144 valence electrons. The molecule has 1 aliphatic rings. The molecular weight excluding hydrogens is 449 g/mol. The van der Waals surface area contributed by atoms with Gasteiger partial charge in [0.05, 0.1) is 19.5 Å². The lowest BCUT2D eigenvalue weighted by atomic mass is 10.4. The Morgan fingerprint density at radius 3 is 2.85 bits per heavy atom. The molecule has 1 saturated heterocycles. The molecule has 0 unspecified atom stereocenters. The highest BCUT2D eigenvalue weighted by molar-refractivity contribution is 14.0. The Morgan fingerprint density at radius 1 is 1.31 bits per heavy atom. The third kappa shape index (κ3) is 6.25. The van der Waals surface area contributed by atoms with Gasteiger partial charge in [0.1, 0.15) is 5.82 Å². The molecule has 1 fully saturated rings. The first-order chi connectivity index (χ1) is 12.3. The first-order valence-electron chi connectivity index (χ1n) is 8.55. The third-order valence-electron chi connectivity index (χ3n) is 3.98. The molecule has 0 atom stereocenters. The van der Waals surface area contributed by atoms with Gasteiger partial charge in [0, 0.05) is 46.2 Å². The van der Waals surface area contributed by atoms with E-state index in [1.807, 2.05) is 12.1 Å². The van der Waals surface area contributed by atoms with Crippen LogP contribution >= 0.6 is 24.0 Å². The van der Waals surface area contributed by atoms with Crippen molar-refractivity contribution in [2.45, 2.75) is 6.42 Å². The molecule has 0 bridgehead atoms. The average molecular weight is 475 g/mol. The molecule has 0 spiro atoms. The highest BCUT2D eigenvalue weighted by Crippen LogP contribution is 2.14. The number of halogens is 1. The van der Waals surface area contributed by atoms with Crippen LogP contribution in [0.25, 0.3) is 11.6 Å². The molecule has 0 saturated carbocycles. The second kappa shape index (κ2) is 11.1. The number of ether oxygens (including phenoxy) is 1. The minimum atomic E-state index is 0. The second-order valence-corrected chi connectivity index (χ2v) is 5.71. The quantitative estimate of drug-likeness (QED) is 0.308. The molecular formula is C16H26IN7O2. The highest BCUT2D eigenvalue weighted by atomic mass is 127. The topological polar surface area (TPSA) is 104 Å². The van der Waals surface area contributed by atoms with E-state index in [-0.39, 0.29) is 24.0 Å². The Morgan fingerprint density at radius 2 is 2.12 bits per heavy atom. The van der Waals surface area contributed by atoms with Crippen molar-refractivity contribution >= 4 is 29.9 Å². The summed E-state index contributed by atoms with van der Waals surface area (Å²) in [4.78, 5) is 11.0. The van der Waals surface area contributed by atoms with Crippen LogP contribution in [0.3, 0.4) is 0 Å². The normalized spacial score (nSPS) is 15.5. The van der Waals surface area contributed by atoms with Gasteiger partial charge in [-0.25, -0.2) is 4.98 Å². The Labute approximate surface area is 170 Å². The number of furan rings is 1. The molecule has 3 N–H and O–H groups in total. The summed E-state index contributed by atoms with van der Waals surface area (Å²) in [6, 6.07) is 3.66. The van der Waals surface area contributed by atoms with E-state index in [0.29, 0.717) is 18.1 Å². The molecule has 9 nitrogen and oxygen atoms in total. The van der Waals surface area contributed by atoms with Crippen LogP contribution in [0.5, 0.6) is 0 Å². The van der Waals surface area contributed by atoms with Gasteiger partial charge in [0.2, 0.25) is 5.82 Å². The number of nitrogens with zero attached hydrogens (tertiary/aromatic N) is 4.